The van der Waals surface area contributed by atoms with Gasteiger partial charge in [-0.25, -0.2) is 4.98 Å². The molecule has 1 aliphatic carbocycles. The second-order valence-electron chi connectivity index (χ2n) is 7.54. The predicted octanol–water partition coefficient (Wildman–Crippen LogP) is 2.81. The lowest BCUT2D eigenvalue weighted by atomic mass is 9.97. The number of carbonyl (C=O) groups excluding carboxylic acids is 1. The summed E-state index contributed by atoms with van der Waals surface area (Å²) < 4.78 is 10.8. The standard InChI is InChI=1S/C21H27N3O3/c1-26-21-18(11-16-6-2-8-19(16)23-21)20(25)22-12-15-5-3-9-24(13-15)14-17-7-4-10-27-17/h4,7,10-11,15H,2-3,5-6,8-9,12-14H2,1H3,(H,22,25)/t15-/m1/s1. The van der Waals surface area contributed by atoms with E-state index in [9.17, 15) is 4.79 Å². The van der Waals surface area contributed by atoms with Crippen molar-refractivity contribution in [3.8, 4) is 5.88 Å². The summed E-state index contributed by atoms with van der Waals surface area (Å²) in [5.74, 6) is 1.80. The van der Waals surface area contributed by atoms with Crippen LogP contribution >= 0.6 is 0 Å². The number of hydrogen-bond donors (Lipinski definition) is 1. The molecule has 6 nitrogen and oxygen atoms in total. The third-order valence-electron chi connectivity index (χ3n) is 5.57. The molecule has 2 aromatic heterocycles. The summed E-state index contributed by atoms with van der Waals surface area (Å²) in [5.41, 5.74) is 2.81. The van der Waals surface area contributed by atoms with Gasteiger partial charge in [0.25, 0.3) is 5.91 Å². The number of methoxy groups -OCH3 is 1. The molecule has 4 rings (SSSR count). The number of ether oxygens (including phenoxy) is 1. The van der Waals surface area contributed by atoms with Crippen molar-refractivity contribution in [2.45, 2.75) is 38.6 Å². The van der Waals surface area contributed by atoms with E-state index in [0.717, 1.165) is 63.2 Å². The Bertz CT molecular complexity index is 788. The van der Waals surface area contributed by atoms with E-state index in [2.05, 4.69) is 15.2 Å². The van der Waals surface area contributed by atoms with Gasteiger partial charge in [0.05, 0.1) is 19.9 Å². The maximum absolute atomic E-state index is 12.7. The fourth-order valence-electron chi connectivity index (χ4n) is 4.19. The zero-order valence-corrected chi connectivity index (χ0v) is 15.9. The Morgan fingerprint density at radius 2 is 2.33 bits per heavy atom. The number of piperidine rings is 1. The van der Waals surface area contributed by atoms with Crippen molar-refractivity contribution in [2.24, 2.45) is 5.92 Å². The minimum Gasteiger partial charge on any atom is -0.480 e. The van der Waals surface area contributed by atoms with E-state index in [4.69, 9.17) is 9.15 Å². The highest BCUT2D eigenvalue weighted by Crippen LogP contribution is 2.26. The van der Waals surface area contributed by atoms with Crippen LogP contribution in [0.25, 0.3) is 0 Å². The molecule has 0 aromatic carbocycles. The summed E-state index contributed by atoms with van der Waals surface area (Å²) in [6.45, 7) is 3.56. The number of nitrogens with zero attached hydrogens (tertiary/aromatic N) is 2. The summed E-state index contributed by atoms with van der Waals surface area (Å²) in [6.07, 6.45) is 7.07. The lowest BCUT2D eigenvalue weighted by Crippen LogP contribution is -2.40. The molecule has 2 aliphatic rings. The number of pyridine rings is 1. The van der Waals surface area contributed by atoms with Gasteiger partial charge in [-0.15, -0.1) is 0 Å². The molecule has 0 unspecified atom stereocenters. The maximum atomic E-state index is 12.7. The zero-order chi connectivity index (χ0) is 18.6. The molecule has 1 saturated heterocycles. The summed E-state index contributed by atoms with van der Waals surface area (Å²) >= 11 is 0. The summed E-state index contributed by atoms with van der Waals surface area (Å²) in [7, 11) is 1.58. The fraction of sp³-hybridized carbons (Fsp3) is 0.524. The second-order valence-corrected chi connectivity index (χ2v) is 7.54. The van der Waals surface area contributed by atoms with Gasteiger partial charge in [0.15, 0.2) is 0 Å². The number of carbonyl (C=O) groups is 1. The minimum atomic E-state index is -0.0859. The van der Waals surface area contributed by atoms with Gasteiger partial charge >= 0.3 is 0 Å². The van der Waals surface area contributed by atoms with Crippen molar-refractivity contribution in [3.63, 3.8) is 0 Å². The Labute approximate surface area is 159 Å². The maximum Gasteiger partial charge on any atom is 0.256 e. The Kier molecular flexibility index (Phi) is 5.43. The number of rotatable bonds is 6. The Morgan fingerprint density at radius 3 is 3.15 bits per heavy atom. The van der Waals surface area contributed by atoms with Crippen molar-refractivity contribution in [2.75, 3.05) is 26.7 Å². The first-order chi connectivity index (χ1) is 13.2. The average Bonchev–Trinajstić information content (AvgIpc) is 3.36. The van der Waals surface area contributed by atoms with Crippen LogP contribution in [0.1, 0.15) is 46.6 Å². The van der Waals surface area contributed by atoms with E-state index < -0.39 is 0 Å². The van der Waals surface area contributed by atoms with Gasteiger partial charge in [0.2, 0.25) is 5.88 Å². The number of aryl methyl sites for hydroxylation is 2. The lowest BCUT2D eigenvalue weighted by molar-refractivity contribution is 0.0924. The Balaban J connectivity index is 1.35. The molecule has 0 saturated carbocycles. The molecule has 2 aromatic rings. The summed E-state index contributed by atoms with van der Waals surface area (Å²) in [6, 6.07) is 5.90. The van der Waals surface area contributed by atoms with E-state index in [1.54, 1.807) is 13.4 Å². The zero-order valence-electron chi connectivity index (χ0n) is 15.9. The molecule has 1 atom stereocenters. The topological polar surface area (TPSA) is 67.6 Å². The molecule has 3 heterocycles. The van der Waals surface area contributed by atoms with Crippen molar-refractivity contribution >= 4 is 5.91 Å². The smallest absolute Gasteiger partial charge is 0.256 e. The van der Waals surface area contributed by atoms with E-state index >= 15 is 0 Å². The molecule has 0 spiro atoms. The van der Waals surface area contributed by atoms with Crippen LogP contribution in [0.4, 0.5) is 0 Å². The van der Waals surface area contributed by atoms with Crippen LogP contribution < -0.4 is 10.1 Å². The van der Waals surface area contributed by atoms with Gasteiger partial charge in [-0.05, 0) is 68.3 Å². The molecule has 1 fully saturated rings. The fourth-order valence-corrected chi connectivity index (χ4v) is 4.19. The average molecular weight is 369 g/mol. The molecule has 1 aliphatic heterocycles. The number of aromatic nitrogens is 1. The number of fused-ring (bicyclic) bond motifs is 1. The van der Waals surface area contributed by atoms with Gasteiger partial charge in [0.1, 0.15) is 11.3 Å². The first-order valence-electron chi connectivity index (χ1n) is 9.82. The largest absolute Gasteiger partial charge is 0.480 e. The molecule has 144 valence electrons. The second kappa shape index (κ2) is 8.13. The molecular weight excluding hydrogens is 342 g/mol. The molecule has 0 radical (unpaired) electrons. The lowest BCUT2D eigenvalue weighted by Gasteiger charge is -2.32. The first kappa shape index (κ1) is 18.0. The van der Waals surface area contributed by atoms with Crippen LogP contribution in [-0.2, 0) is 19.4 Å². The SMILES string of the molecule is COc1nc2c(cc1C(=O)NC[C@H]1CCCN(Cc3ccco3)C1)CCC2. The molecule has 6 heteroatoms. The summed E-state index contributed by atoms with van der Waals surface area (Å²) in [4.78, 5) is 19.7. The van der Waals surface area contributed by atoms with Crippen LogP contribution in [0.3, 0.4) is 0 Å². The van der Waals surface area contributed by atoms with Crippen LogP contribution in [0, 0.1) is 5.92 Å². The molecule has 27 heavy (non-hydrogen) atoms. The van der Waals surface area contributed by atoms with E-state index in [1.807, 2.05) is 18.2 Å². The van der Waals surface area contributed by atoms with Crippen LogP contribution in [-0.4, -0.2) is 42.5 Å². The highest BCUT2D eigenvalue weighted by molar-refractivity contribution is 5.96. The van der Waals surface area contributed by atoms with Crippen LogP contribution in [0.2, 0.25) is 0 Å². The third kappa shape index (κ3) is 4.16. The molecular formula is C21H27N3O3. The van der Waals surface area contributed by atoms with Crippen LogP contribution in [0.15, 0.2) is 28.9 Å². The summed E-state index contributed by atoms with van der Waals surface area (Å²) in [5, 5.41) is 3.10. The number of hydrogen-bond acceptors (Lipinski definition) is 5. The number of amides is 1. The van der Waals surface area contributed by atoms with Gasteiger partial charge in [-0.2, -0.15) is 0 Å². The van der Waals surface area contributed by atoms with Gasteiger partial charge in [-0.3, -0.25) is 9.69 Å². The normalized spacial score (nSPS) is 19.7. The van der Waals surface area contributed by atoms with Gasteiger partial charge in [-0.1, -0.05) is 0 Å². The predicted molar refractivity (Wildman–Crippen MR) is 102 cm³/mol. The molecule has 1 N–H and O–H groups in total. The van der Waals surface area contributed by atoms with Crippen LogP contribution in [0.5, 0.6) is 5.88 Å². The highest BCUT2D eigenvalue weighted by atomic mass is 16.5. The first-order valence-corrected chi connectivity index (χ1v) is 9.82. The van der Waals surface area contributed by atoms with Gasteiger partial charge in [0, 0.05) is 18.8 Å². The van der Waals surface area contributed by atoms with E-state index in [1.165, 1.54) is 5.56 Å². The number of nitrogens with one attached hydrogen (secondary N) is 1. The van der Waals surface area contributed by atoms with Crippen molar-refractivity contribution in [1.29, 1.82) is 0 Å². The van der Waals surface area contributed by atoms with Crippen molar-refractivity contribution < 1.29 is 13.9 Å². The van der Waals surface area contributed by atoms with Crippen molar-refractivity contribution in [3.05, 3.63) is 47.0 Å². The van der Waals surface area contributed by atoms with Gasteiger partial charge < -0.3 is 14.5 Å². The Hall–Kier alpha value is -2.34. The van der Waals surface area contributed by atoms with Crippen molar-refractivity contribution in [1.82, 2.24) is 15.2 Å². The monoisotopic (exact) mass is 369 g/mol. The molecule has 0 bridgehead atoms. The van der Waals surface area contributed by atoms with E-state index in [-0.39, 0.29) is 5.91 Å². The number of furan rings is 1. The minimum absolute atomic E-state index is 0.0859. The number of likely N-dealkylation sites (tertiary alicyclic amines) is 1. The third-order valence-corrected chi connectivity index (χ3v) is 5.57. The molecule has 1 amide bonds. The van der Waals surface area contributed by atoms with E-state index in [0.29, 0.717) is 23.9 Å². The Morgan fingerprint density at radius 1 is 1.41 bits per heavy atom. The quantitative estimate of drug-likeness (QED) is 0.848. The highest BCUT2D eigenvalue weighted by Gasteiger charge is 2.24.